The average molecular weight is 334 g/mol. The fourth-order valence-corrected chi connectivity index (χ4v) is 4.30. The van der Waals surface area contributed by atoms with E-state index in [2.05, 4.69) is 111 Å². The molecule has 0 saturated carbocycles. The molecule has 0 bridgehead atoms. The molecule has 0 unspecified atom stereocenters. The SMILES string of the molecule is C=CC1=C(/C=C\C)C(c2ccccc2)(c2ccccc2)c2ccccc21. The standard InChI is InChI=1S/C26H22/c1-3-13-24-22(4-2)23-18-11-12-19-25(23)26(24,20-14-7-5-8-15-20)21-16-9-6-10-17-21/h3-19H,2H2,1H3/b13-3-. The smallest absolute Gasteiger partial charge is 0.0713 e. The number of rotatable bonds is 4. The molecule has 1 aliphatic rings. The van der Waals surface area contributed by atoms with Gasteiger partial charge in [-0.15, -0.1) is 0 Å². The molecule has 0 amide bonds. The van der Waals surface area contributed by atoms with E-state index in [-0.39, 0.29) is 5.41 Å². The van der Waals surface area contributed by atoms with Gasteiger partial charge in [0.1, 0.15) is 0 Å². The Kier molecular flexibility index (Phi) is 4.18. The monoisotopic (exact) mass is 334 g/mol. The highest BCUT2D eigenvalue weighted by Gasteiger charge is 2.45. The maximum atomic E-state index is 4.14. The average Bonchev–Trinajstić information content (AvgIpc) is 3.00. The molecule has 0 saturated heterocycles. The van der Waals surface area contributed by atoms with Gasteiger partial charge in [-0.05, 0) is 40.3 Å². The molecule has 3 aromatic carbocycles. The summed E-state index contributed by atoms with van der Waals surface area (Å²) in [7, 11) is 0. The first-order valence-electron chi connectivity index (χ1n) is 9.04. The number of hydrogen-bond acceptors (Lipinski definition) is 0. The summed E-state index contributed by atoms with van der Waals surface area (Å²) in [6.07, 6.45) is 6.38. The van der Waals surface area contributed by atoms with Gasteiger partial charge in [-0.3, -0.25) is 0 Å². The molecule has 0 heterocycles. The molecule has 0 nitrogen and oxygen atoms in total. The molecule has 1 aliphatic carbocycles. The minimum Gasteiger partial charge on any atom is -0.0984 e. The first kappa shape index (κ1) is 16.4. The van der Waals surface area contributed by atoms with Crippen molar-refractivity contribution < 1.29 is 0 Å². The minimum absolute atomic E-state index is 0.324. The van der Waals surface area contributed by atoms with Gasteiger partial charge in [0.15, 0.2) is 0 Å². The Morgan fingerprint density at radius 1 is 0.731 bits per heavy atom. The van der Waals surface area contributed by atoms with Gasteiger partial charge in [-0.25, -0.2) is 0 Å². The Bertz CT molecular complexity index is 949. The van der Waals surface area contributed by atoms with Crippen LogP contribution in [-0.4, -0.2) is 0 Å². The number of benzene rings is 3. The van der Waals surface area contributed by atoms with E-state index in [0.717, 1.165) is 0 Å². The Morgan fingerprint density at radius 3 is 1.81 bits per heavy atom. The third-order valence-corrected chi connectivity index (χ3v) is 5.27. The van der Waals surface area contributed by atoms with Crippen molar-refractivity contribution in [2.75, 3.05) is 0 Å². The second-order valence-corrected chi connectivity index (χ2v) is 6.56. The van der Waals surface area contributed by atoms with Gasteiger partial charge in [0.25, 0.3) is 0 Å². The molecule has 0 aromatic heterocycles. The largest absolute Gasteiger partial charge is 0.0984 e. The maximum Gasteiger partial charge on any atom is 0.0713 e. The van der Waals surface area contributed by atoms with Crippen molar-refractivity contribution in [3.8, 4) is 0 Å². The quantitative estimate of drug-likeness (QED) is 0.507. The van der Waals surface area contributed by atoms with E-state index in [4.69, 9.17) is 0 Å². The molecular formula is C26H22. The van der Waals surface area contributed by atoms with E-state index in [1.807, 2.05) is 6.08 Å². The summed E-state index contributed by atoms with van der Waals surface area (Å²) in [4.78, 5) is 0. The lowest BCUT2D eigenvalue weighted by Gasteiger charge is -2.34. The second-order valence-electron chi connectivity index (χ2n) is 6.56. The highest BCUT2D eigenvalue weighted by Crippen LogP contribution is 2.54. The molecule has 26 heavy (non-hydrogen) atoms. The first-order valence-corrected chi connectivity index (χ1v) is 9.04. The van der Waals surface area contributed by atoms with Gasteiger partial charge in [0.2, 0.25) is 0 Å². The topological polar surface area (TPSA) is 0 Å². The highest BCUT2D eigenvalue weighted by molar-refractivity contribution is 5.91. The molecule has 4 rings (SSSR count). The second kappa shape index (κ2) is 6.65. The molecular weight excluding hydrogens is 312 g/mol. The van der Waals surface area contributed by atoms with Crippen molar-refractivity contribution in [2.45, 2.75) is 12.3 Å². The fraction of sp³-hybridized carbons (Fsp3) is 0.0769. The normalized spacial score (nSPS) is 15.3. The summed E-state index contributed by atoms with van der Waals surface area (Å²) < 4.78 is 0. The van der Waals surface area contributed by atoms with Gasteiger partial charge in [-0.1, -0.05) is 110 Å². The van der Waals surface area contributed by atoms with E-state index < -0.39 is 0 Å². The maximum absolute atomic E-state index is 4.14. The lowest BCUT2D eigenvalue weighted by molar-refractivity contribution is 0.761. The highest BCUT2D eigenvalue weighted by atomic mass is 14.5. The number of fused-ring (bicyclic) bond motifs is 1. The van der Waals surface area contributed by atoms with Crippen molar-refractivity contribution in [3.63, 3.8) is 0 Å². The van der Waals surface area contributed by atoms with Crippen LogP contribution in [0.3, 0.4) is 0 Å². The summed E-state index contributed by atoms with van der Waals surface area (Å²) in [6, 6.07) is 30.3. The zero-order valence-corrected chi connectivity index (χ0v) is 15.0. The van der Waals surface area contributed by atoms with Crippen LogP contribution < -0.4 is 0 Å². The molecule has 0 N–H and O–H groups in total. The van der Waals surface area contributed by atoms with E-state index in [9.17, 15) is 0 Å². The van der Waals surface area contributed by atoms with Gasteiger partial charge in [0.05, 0.1) is 5.41 Å². The van der Waals surface area contributed by atoms with Crippen LogP contribution in [0.5, 0.6) is 0 Å². The first-order chi connectivity index (χ1) is 12.8. The predicted octanol–water partition coefficient (Wildman–Crippen LogP) is 6.55. The molecule has 0 heteroatoms. The van der Waals surface area contributed by atoms with Crippen LogP contribution in [0.25, 0.3) is 5.57 Å². The lowest BCUT2D eigenvalue weighted by Crippen LogP contribution is -2.29. The van der Waals surface area contributed by atoms with Crippen LogP contribution in [0.4, 0.5) is 0 Å². The van der Waals surface area contributed by atoms with Crippen LogP contribution in [0, 0.1) is 0 Å². The van der Waals surface area contributed by atoms with Crippen LogP contribution in [0.15, 0.2) is 115 Å². The van der Waals surface area contributed by atoms with Gasteiger partial charge in [-0.2, -0.15) is 0 Å². The summed E-state index contributed by atoms with van der Waals surface area (Å²) in [5, 5.41) is 0. The summed E-state index contributed by atoms with van der Waals surface area (Å²) in [5.41, 5.74) is 7.32. The minimum atomic E-state index is -0.324. The Hall–Kier alpha value is -3.12. The number of allylic oxidation sites excluding steroid dienone is 5. The Labute approximate surface area is 155 Å². The van der Waals surface area contributed by atoms with Crippen LogP contribution in [0.1, 0.15) is 29.2 Å². The van der Waals surface area contributed by atoms with E-state index in [1.165, 1.54) is 33.4 Å². The van der Waals surface area contributed by atoms with Gasteiger partial charge >= 0.3 is 0 Å². The van der Waals surface area contributed by atoms with E-state index >= 15 is 0 Å². The lowest BCUT2D eigenvalue weighted by atomic mass is 9.67. The third kappa shape index (κ3) is 2.23. The van der Waals surface area contributed by atoms with Gasteiger partial charge in [0, 0.05) is 0 Å². The molecule has 0 fully saturated rings. The van der Waals surface area contributed by atoms with E-state index in [0.29, 0.717) is 0 Å². The van der Waals surface area contributed by atoms with Crippen molar-refractivity contribution in [3.05, 3.63) is 138 Å². The van der Waals surface area contributed by atoms with Gasteiger partial charge < -0.3 is 0 Å². The Balaban J connectivity index is 2.20. The van der Waals surface area contributed by atoms with Crippen molar-refractivity contribution in [1.82, 2.24) is 0 Å². The summed E-state index contributed by atoms with van der Waals surface area (Å²) in [6.45, 7) is 6.22. The molecule has 0 atom stereocenters. The summed E-state index contributed by atoms with van der Waals surface area (Å²) in [5.74, 6) is 0. The molecule has 0 aliphatic heterocycles. The van der Waals surface area contributed by atoms with Crippen LogP contribution >= 0.6 is 0 Å². The molecule has 0 radical (unpaired) electrons. The fourth-order valence-electron chi connectivity index (χ4n) is 4.30. The third-order valence-electron chi connectivity index (χ3n) is 5.27. The van der Waals surface area contributed by atoms with Crippen molar-refractivity contribution in [2.24, 2.45) is 0 Å². The van der Waals surface area contributed by atoms with E-state index in [1.54, 1.807) is 0 Å². The Morgan fingerprint density at radius 2 is 1.27 bits per heavy atom. The predicted molar refractivity (Wildman–Crippen MR) is 111 cm³/mol. The zero-order chi connectivity index (χ0) is 18.0. The van der Waals surface area contributed by atoms with Crippen molar-refractivity contribution in [1.29, 1.82) is 0 Å². The van der Waals surface area contributed by atoms with Crippen LogP contribution in [0.2, 0.25) is 0 Å². The zero-order valence-electron chi connectivity index (χ0n) is 15.0. The van der Waals surface area contributed by atoms with Crippen LogP contribution in [-0.2, 0) is 5.41 Å². The molecule has 126 valence electrons. The number of hydrogen-bond donors (Lipinski definition) is 0. The molecule has 0 spiro atoms. The van der Waals surface area contributed by atoms with Crippen molar-refractivity contribution >= 4 is 5.57 Å². The molecule has 3 aromatic rings. The summed E-state index contributed by atoms with van der Waals surface area (Å²) >= 11 is 0.